The summed E-state index contributed by atoms with van der Waals surface area (Å²) >= 11 is 0. The van der Waals surface area contributed by atoms with E-state index in [1.165, 1.54) is 4.68 Å². The predicted octanol–water partition coefficient (Wildman–Crippen LogP) is 3.35. The zero-order valence-corrected chi connectivity index (χ0v) is 12.4. The fourth-order valence-electron chi connectivity index (χ4n) is 2.05. The molecule has 0 saturated carbocycles. The van der Waals surface area contributed by atoms with E-state index in [-0.39, 0.29) is 16.9 Å². The number of aromatic nitrogens is 2. The SMILES string of the molecule is C/C=C/c1[nH]n(-c2ccccc2)c(=O)c1C(=O)/C(C)=C/C. The molecule has 0 atom stereocenters. The van der Waals surface area contributed by atoms with Crippen LogP contribution in [0, 0.1) is 0 Å². The Balaban J connectivity index is 2.68. The van der Waals surface area contributed by atoms with Crippen molar-refractivity contribution < 1.29 is 4.79 Å². The molecule has 1 heterocycles. The number of benzene rings is 1. The minimum atomic E-state index is -0.333. The van der Waals surface area contributed by atoms with Crippen molar-refractivity contribution in [2.24, 2.45) is 0 Å². The van der Waals surface area contributed by atoms with Crippen LogP contribution >= 0.6 is 0 Å². The molecule has 2 rings (SSSR count). The number of nitrogens with one attached hydrogen (secondary N) is 1. The molecule has 1 aromatic carbocycles. The fourth-order valence-corrected chi connectivity index (χ4v) is 2.05. The van der Waals surface area contributed by atoms with E-state index in [0.717, 1.165) is 0 Å². The van der Waals surface area contributed by atoms with Crippen LogP contribution in [0.4, 0.5) is 0 Å². The molecule has 0 aliphatic rings. The van der Waals surface area contributed by atoms with E-state index in [9.17, 15) is 9.59 Å². The van der Waals surface area contributed by atoms with E-state index in [1.807, 2.05) is 37.3 Å². The van der Waals surface area contributed by atoms with Gasteiger partial charge in [0.25, 0.3) is 5.56 Å². The Morgan fingerprint density at radius 1 is 1.19 bits per heavy atom. The summed E-state index contributed by atoms with van der Waals surface area (Å²) in [7, 11) is 0. The van der Waals surface area contributed by atoms with Crippen LogP contribution < -0.4 is 5.56 Å². The Labute approximate surface area is 123 Å². The third-order valence-electron chi connectivity index (χ3n) is 3.28. The summed E-state index contributed by atoms with van der Waals surface area (Å²) in [6, 6.07) is 9.19. The summed E-state index contributed by atoms with van der Waals surface area (Å²) < 4.78 is 1.39. The van der Waals surface area contributed by atoms with Crippen molar-refractivity contribution in [3.8, 4) is 5.69 Å². The van der Waals surface area contributed by atoms with Gasteiger partial charge in [-0.25, -0.2) is 4.68 Å². The molecular formula is C17H18N2O2. The van der Waals surface area contributed by atoms with Gasteiger partial charge in [0.1, 0.15) is 5.56 Å². The lowest BCUT2D eigenvalue weighted by Gasteiger charge is -1.99. The maximum absolute atomic E-state index is 12.6. The van der Waals surface area contributed by atoms with E-state index in [4.69, 9.17) is 0 Å². The van der Waals surface area contributed by atoms with Gasteiger partial charge in [-0.05, 0) is 44.6 Å². The largest absolute Gasteiger partial charge is 0.290 e. The Hall–Kier alpha value is -2.62. The molecule has 0 unspecified atom stereocenters. The van der Waals surface area contributed by atoms with E-state index in [2.05, 4.69) is 5.10 Å². The quantitative estimate of drug-likeness (QED) is 0.690. The minimum absolute atomic E-state index is 0.174. The van der Waals surface area contributed by atoms with Crippen molar-refractivity contribution >= 4 is 11.9 Å². The highest BCUT2D eigenvalue weighted by atomic mass is 16.2. The number of hydrogen-bond acceptors (Lipinski definition) is 2. The first-order valence-corrected chi connectivity index (χ1v) is 6.81. The average molecular weight is 282 g/mol. The third-order valence-corrected chi connectivity index (χ3v) is 3.28. The standard InChI is InChI=1S/C17H18N2O2/c1-4-9-14-15(16(20)12(3)5-2)17(21)19(18-14)13-10-7-6-8-11-13/h4-11,18H,1-3H3/b9-4+,12-5+. The molecule has 0 saturated heterocycles. The number of hydrogen-bond donors (Lipinski definition) is 1. The molecule has 0 bridgehead atoms. The maximum Gasteiger partial charge on any atom is 0.283 e. The molecule has 1 N–H and O–H groups in total. The molecule has 4 nitrogen and oxygen atoms in total. The molecule has 0 amide bonds. The Bertz CT molecular complexity index is 762. The molecule has 0 aliphatic carbocycles. The second-order valence-electron chi connectivity index (χ2n) is 4.68. The Morgan fingerprint density at radius 2 is 1.86 bits per heavy atom. The number of allylic oxidation sites excluding steroid dienone is 3. The van der Waals surface area contributed by atoms with Gasteiger partial charge in [0.15, 0.2) is 5.78 Å². The van der Waals surface area contributed by atoms with Crippen LogP contribution in [0.3, 0.4) is 0 Å². The smallest absolute Gasteiger partial charge is 0.283 e. The van der Waals surface area contributed by atoms with E-state index < -0.39 is 0 Å². The number of H-pyrrole nitrogens is 1. The van der Waals surface area contributed by atoms with Gasteiger partial charge >= 0.3 is 0 Å². The van der Waals surface area contributed by atoms with Gasteiger partial charge in [0, 0.05) is 0 Å². The first kappa shape index (κ1) is 14.8. The molecule has 1 aromatic heterocycles. The summed E-state index contributed by atoms with van der Waals surface area (Å²) in [4.78, 5) is 25.0. The summed E-state index contributed by atoms with van der Waals surface area (Å²) in [5.74, 6) is -0.249. The molecule has 0 aliphatic heterocycles. The Morgan fingerprint density at radius 3 is 2.43 bits per heavy atom. The molecule has 0 radical (unpaired) electrons. The number of para-hydroxylation sites is 1. The number of rotatable bonds is 4. The maximum atomic E-state index is 12.6. The molecule has 0 spiro atoms. The van der Waals surface area contributed by atoms with Crippen molar-refractivity contribution in [1.29, 1.82) is 0 Å². The fraction of sp³-hybridized carbons (Fsp3) is 0.176. The first-order chi connectivity index (χ1) is 10.1. The summed E-state index contributed by atoms with van der Waals surface area (Å²) in [5.41, 5.74) is 1.62. The van der Waals surface area contributed by atoms with Gasteiger partial charge in [-0.3, -0.25) is 14.7 Å². The Kier molecular flexibility index (Phi) is 4.38. The highest BCUT2D eigenvalue weighted by Crippen LogP contribution is 2.13. The summed E-state index contributed by atoms with van der Waals surface area (Å²) in [5, 5.41) is 3.00. The van der Waals surface area contributed by atoms with E-state index in [1.54, 1.807) is 32.1 Å². The van der Waals surface area contributed by atoms with Crippen LogP contribution in [-0.4, -0.2) is 15.6 Å². The van der Waals surface area contributed by atoms with Crippen LogP contribution in [-0.2, 0) is 0 Å². The van der Waals surface area contributed by atoms with Gasteiger partial charge < -0.3 is 0 Å². The summed E-state index contributed by atoms with van der Waals surface area (Å²) in [6.07, 6.45) is 5.24. The van der Waals surface area contributed by atoms with Gasteiger partial charge in [-0.2, -0.15) is 0 Å². The minimum Gasteiger partial charge on any atom is -0.290 e. The number of Topliss-reactive ketones (excluding diaryl/α,β-unsaturated/α-hetero) is 1. The first-order valence-electron chi connectivity index (χ1n) is 6.81. The van der Waals surface area contributed by atoms with Crippen molar-refractivity contribution in [3.05, 3.63) is 69.7 Å². The van der Waals surface area contributed by atoms with Crippen molar-refractivity contribution in [1.82, 2.24) is 9.78 Å². The second kappa shape index (κ2) is 6.22. The topological polar surface area (TPSA) is 54.9 Å². The predicted molar refractivity (Wildman–Crippen MR) is 84.9 cm³/mol. The number of ketones is 1. The van der Waals surface area contributed by atoms with Crippen molar-refractivity contribution in [2.75, 3.05) is 0 Å². The molecule has 0 fully saturated rings. The number of nitrogens with zero attached hydrogens (tertiary/aromatic N) is 1. The van der Waals surface area contributed by atoms with Crippen LogP contribution in [0.1, 0.15) is 36.8 Å². The second-order valence-corrected chi connectivity index (χ2v) is 4.68. The highest BCUT2D eigenvalue weighted by Gasteiger charge is 2.21. The number of aromatic amines is 1. The van der Waals surface area contributed by atoms with Gasteiger partial charge in [0.2, 0.25) is 0 Å². The molecule has 4 heteroatoms. The van der Waals surface area contributed by atoms with Gasteiger partial charge in [0.05, 0.1) is 11.4 Å². The molecular weight excluding hydrogens is 264 g/mol. The van der Waals surface area contributed by atoms with Gasteiger partial charge in [-0.1, -0.05) is 30.4 Å². The summed E-state index contributed by atoms with van der Waals surface area (Å²) in [6.45, 7) is 5.33. The van der Waals surface area contributed by atoms with Crippen LogP contribution in [0.2, 0.25) is 0 Å². The third kappa shape index (κ3) is 2.79. The zero-order valence-electron chi connectivity index (χ0n) is 12.4. The van der Waals surface area contributed by atoms with Crippen molar-refractivity contribution in [2.45, 2.75) is 20.8 Å². The van der Waals surface area contributed by atoms with E-state index >= 15 is 0 Å². The lowest BCUT2D eigenvalue weighted by molar-refractivity contribution is 0.103. The van der Waals surface area contributed by atoms with Gasteiger partial charge in [-0.15, -0.1) is 0 Å². The molecule has 21 heavy (non-hydrogen) atoms. The zero-order chi connectivity index (χ0) is 15.4. The lowest BCUT2D eigenvalue weighted by Crippen LogP contribution is -2.20. The molecule has 108 valence electrons. The normalized spacial score (nSPS) is 12.0. The van der Waals surface area contributed by atoms with Crippen LogP contribution in [0.15, 0.2) is 52.9 Å². The monoisotopic (exact) mass is 282 g/mol. The highest BCUT2D eigenvalue weighted by molar-refractivity contribution is 6.09. The lowest BCUT2D eigenvalue weighted by atomic mass is 10.0. The molecule has 2 aromatic rings. The average Bonchev–Trinajstić information content (AvgIpc) is 2.83. The van der Waals surface area contributed by atoms with Crippen LogP contribution in [0.5, 0.6) is 0 Å². The number of carbonyl (C=O) groups excluding carboxylic acids is 1. The van der Waals surface area contributed by atoms with Crippen molar-refractivity contribution in [3.63, 3.8) is 0 Å². The van der Waals surface area contributed by atoms with Crippen LogP contribution in [0.25, 0.3) is 11.8 Å². The number of carbonyl (C=O) groups is 1. The van der Waals surface area contributed by atoms with E-state index in [0.29, 0.717) is 17.0 Å².